The average Bonchev–Trinajstić information content (AvgIpc) is 2.60. The molecule has 0 bridgehead atoms. The second-order valence-corrected chi connectivity index (χ2v) is 5.37. The van der Waals surface area contributed by atoms with E-state index in [0.29, 0.717) is 17.3 Å². The molecule has 0 fully saturated rings. The first kappa shape index (κ1) is 14.5. The highest BCUT2D eigenvalue weighted by Crippen LogP contribution is 2.35. The van der Waals surface area contributed by atoms with Crippen molar-refractivity contribution in [1.82, 2.24) is 9.78 Å². The van der Waals surface area contributed by atoms with E-state index in [-0.39, 0.29) is 17.9 Å². The third-order valence-electron chi connectivity index (χ3n) is 3.04. The first-order valence-electron chi connectivity index (χ1n) is 5.97. The molecule has 0 spiro atoms. The molecule has 1 aromatic heterocycles. The summed E-state index contributed by atoms with van der Waals surface area (Å²) in [7, 11) is 0. The minimum Gasteiger partial charge on any atom is -0.330 e. The van der Waals surface area contributed by atoms with Gasteiger partial charge in [0.1, 0.15) is 6.17 Å². The highest BCUT2D eigenvalue weighted by atomic mass is 35.5. The molecule has 0 aromatic carbocycles. The van der Waals surface area contributed by atoms with Crippen LogP contribution in [-0.2, 0) is 0 Å². The van der Waals surface area contributed by atoms with Gasteiger partial charge in [-0.3, -0.25) is 4.68 Å². The van der Waals surface area contributed by atoms with Gasteiger partial charge in [0, 0.05) is 12.0 Å². The van der Waals surface area contributed by atoms with Gasteiger partial charge >= 0.3 is 0 Å². The summed E-state index contributed by atoms with van der Waals surface area (Å²) in [5, 5.41) is 4.50. The van der Waals surface area contributed by atoms with Crippen molar-refractivity contribution in [3.8, 4) is 0 Å². The molecule has 5 heteroatoms. The van der Waals surface area contributed by atoms with Crippen LogP contribution in [0.15, 0.2) is 6.20 Å². The molecule has 0 saturated carbocycles. The van der Waals surface area contributed by atoms with Gasteiger partial charge in [-0.05, 0) is 26.3 Å². The van der Waals surface area contributed by atoms with Gasteiger partial charge in [-0.1, -0.05) is 25.4 Å². The fourth-order valence-electron chi connectivity index (χ4n) is 1.95. The Hall–Kier alpha value is -0.610. The molecule has 0 aliphatic heterocycles. The van der Waals surface area contributed by atoms with Crippen molar-refractivity contribution in [1.29, 1.82) is 0 Å². The summed E-state index contributed by atoms with van der Waals surface area (Å²) < 4.78 is 16.2. The van der Waals surface area contributed by atoms with Crippen LogP contribution >= 0.6 is 11.6 Å². The van der Waals surface area contributed by atoms with Crippen LogP contribution in [0.25, 0.3) is 0 Å². The lowest BCUT2D eigenvalue weighted by atomic mass is 9.89. The lowest BCUT2D eigenvalue weighted by molar-refractivity contribution is 0.175. The van der Waals surface area contributed by atoms with Crippen molar-refractivity contribution in [2.75, 3.05) is 6.54 Å². The third-order valence-corrected chi connectivity index (χ3v) is 3.33. The van der Waals surface area contributed by atoms with Crippen LogP contribution in [0.5, 0.6) is 0 Å². The number of hydrogen-bond donors (Lipinski definition) is 1. The fourth-order valence-corrected chi connectivity index (χ4v) is 2.19. The van der Waals surface area contributed by atoms with Gasteiger partial charge in [0.2, 0.25) is 0 Å². The summed E-state index contributed by atoms with van der Waals surface area (Å²) in [6.07, 6.45) is 0.328. The maximum atomic E-state index is 14.5. The summed E-state index contributed by atoms with van der Waals surface area (Å²) in [6.45, 7) is 8.14. The van der Waals surface area contributed by atoms with Gasteiger partial charge in [0.25, 0.3) is 0 Å². The minimum atomic E-state index is -1.17. The van der Waals surface area contributed by atoms with Gasteiger partial charge in [-0.2, -0.15) is 5.10 Å². The Morgan fingerprint density at radius 2 is 2.00 bits per heavy atom. The van der Waals surface area contributed by atoms with Crippen LogP contribution < -0.4 is 5.73 Å². The molecule has 2 atom stereocenters. The molecule has 1 aromatic rings. The van der Waals surface area contributed by atoms with Crippen LogP contribution in [0, 0.1) is 11.8 Å². The minimum absolute atomic E-state index is 0.0846. The number of rotatable bonds is 5. The van der Waals surface area contributed by atoms with Gasteiger partial charge in [-0.25, -0.2) is 4.39 Å². The van der Waals surface area contributed by atoms with Gasteiger partial charge in [0.05, 0.1) is 16.9 Å². The normalized spacial score (nSPS) is 15.6. The van der Waals surface area contributed by atoms with E-state index in [2.05, 4.69) is 5.10 Å². The monoisotopic (exact) mass is 261 g/mol. The van der Waals surface area contributed by atoms with E-state index in [4.69, 9.17) is 17.3 Å². The zero-order valence-electron chi connectivity index (χ0n) is 10.8. The van der Waals surface area contributed by atoms with Crippen molar-refractivity contribution in [3.05, 3.63) is 16.9 Å². The van der Waals surface area contributed by atoms with E-state index >= 15 is 0 Å². The largest absolute Gasteiger partial charge is 0.330 e. The number of alkyl halides is 1. The SMILES string of the molecule is CC(C)C(CN)C(F)c1c(Cl)cnn1C(C)C. The summed E-state index contributed by atoms with van der Waals surface area (Å²) in [5.41, 5.74) is 6.09. The number of nitrogens with zero attached hydrogens (tertiary/aromatic N) is 2. The number of aromatic nitrogens is 2. The Balaban J connectivity index is 3.09. The predicted octanol–water partition coefficient (Wildman–Crippen LogP) is 3.36. The Morgan fingerprint density at radius 3 is 2.41 bits per heavy atom. The van der Waals surface area contributed by atoms with Crippen molar-refractivity contribution in [2.24, 2.45) is 17.6 Å². The van der Waals surface area contributed by atoms with Crippen LogP contribution in [0.1, 0.15) is 45.6 Å². The molecule has 17 heavy (non-hydrogen) atoms. The van der Waals surface area contributed by atoms with E-state index in [0.717, 1.165) is 0 Å². The highest BCUT2D eigenvalue weighted by Gasteiger charge is 2.30. The highest BCUT2D eigenvalue weighted by molar-refractivity contribution is 6.31. The lowest BCUT2D eigenvalue weighted by Gasteiger charge is -2.25. The molecule has 0 aliphatic rings. The molecular formula is C12H21ClFN3. The van der Waals surface area contributed by atoms with Crippen LogP contribution in [0.3, 0.4) is 0 Å². The molecular weight excluding hydrogens is 241 g/mol. The molecule has 2 unspecified atom stereocenters. The topological polar surface area (TPSA) is 43.8 Å². The Kier molecular flexibility index (Phi) is 4.95. The molecule has 98 valence electrons. The second-order valence-electron chi connectivity index (χ2n) is 4.96. The lowest BCUT2D eigenvalue weighted by Crippen LogP contribution is -2.26. The Labute approximate surface area is 107 Å². The molecule has 0 radical (unpaired) electrons. The zero-order valence-corrected chi connectivity index (χ0v) is 11.6. The molecule has 2 N–H and O–H groups in total. The molecule has 1 heterocycles. The van der Waals surface area contributed by atoms with Crippen molar-refractivity contribution in [2.45, 2.75) is 39.9 Å². The quantitative estimate of drug-likeness (QED) is 0.883. The first-order valence-corrected chi connectivity index (χ1v) is 6.35. The predicted molar refractivity (Wildman–Crippen MR) is 68.9 cm³/mol. The maximum absolute atomic E-state index is 14.5. The van der Waals surface area contributed by atoms with E-state index < -0.39 is 6.17 Å². The Morgan fingerprint density at radius 1 is 1.41 bits per heavy atom. The first-order chi connectivity index (χ1) is 7.90. The van der Waals surface area contributed by atoms with E-state index in [1.165, 1.54) is 6.20 Å². The fraction of sp³-hybridized carbons (Fsp3) is 0.750. The standard InChI is InChI=1S/C12H21ClFN3/c1-7(2)9(5-15)11(14)12-10(13)6-16-17(12)8(3)4/h6-9,11H,5,15H2,1-4H3. The third kappa shape index (κ3) is 2.99. The number of halogens is 2. The average molecular weight is 262 g/mol. The number of hydrogen-bond acceptors (Lipinski definition) is 2. The molecule has 0 amide bonds. The van der Waals surface area contributed by atoms with Crippen LogP contribution in [0.4, 0.5) is 4.39 Å². The van der Waals surface area contributed by atoms with E-state index in [1.54, 1.807) is 4.68 Å². The molecule has 0 saturated heterocycles. The number of nitrogens with two attached hydrogens (primary N) is 1. The summed E-state index contributed by atoms with van der Waals surface area (Å²) in [6, 6.07) is 0.0846. The van der Waals surface area contributed by atoms with Crippen molar-refractivity contribution >= 4 is 11.6 Å². The molecule has 0 aliphatic carbocycles. The molecule has 1 rings (SSSR count). The van der Waals surface area contributed by atoms with E-state index in [1.807, 2.05) is 27.7 Å². The van der Waals surface area contributed by atoms with Gasteiger partial charge < -0.3 is 5.73 Å². The second kappa shape index (κ2) is 5.83. The van der Waals surface area contributed by atoms with Crippen LogP contribution in [0.2, 0.25) is 5.02 Å². The van der Waals surface area contributed by atoms with Gasteiger partial charge in [0.15, 0.2) is 0 Å². The van der Waals surface area contributed by atoms with Gasteiger partial charge in [-0.15, -0.1) is 0 Å². The van der Waals surface area contributed by atoms with Crippen LogP contribution in [-0.4, -0.2) is 16.3 Å². The smallest absolute Gasteiger partial charge is 0.147 e. The summed E-state index contributed by atoms with van der Waals surface area (Å²) in [4.78, 5) is 0. The summed E-state index contributed by atoms with van der Waals surface area (Å²) in [5.74, 6) is -0.0664. The summed E-state index contributed by atoms with van der Waals surface area (Å²) >= 11 is 6.03. The van der Waals surface area contributed by atoms with Crippen molar-refractivity contribution in [3.63, 3.8) is 0 Å². The van der Waals surface area contributed by atoms with Crippen molar-refractivity contribution < 1.29 is 4.39 Å². The van der Waals surface area contributed by atoms with E-state index in [9.17, 15) is 4.39 Å². The Bertz CT molecular complexity index is 363. The molecule has 3 nitrogen and oxygen atoms in total. The maximum Gasteiger partial charge on any atom is 0.147 e. The zero-order chi connectivity index (χ0) is 13.2.